The normalized spacial score (nSPS) is 10.2. The molecule has 2 rings (SSSR count). The third-order valence-corrected chi connectivity index (χ3v) is 2.11. The molecule has 2 N–H and O–H groups in total. The van der Waals surface area contributed by atoms with Gasteiger partial charge in [0.25, 0.3) is 0 Å². The lowest BCUT2D eigenvalue weighted by molar-refractivity contribution is 0.526. The zero-order valence-corrected chi connectivity index (χ0v) is 8.23. The molecule has 0 spiro atoms. The van der Waals surface area contributed by atoms with E-state index in [0.29, 0.717) is 17.0 Å². The molecule has 76 valence electrons. The van der Waals surface area contributed by atoms with Crippen molar-refractivity contribution in [1.29, 1.82) is 0 Å². The van der Waals surface area contributed by atoms with Crippen LogP contribution in [-0.2, 0) is 0 Å². The Morgan fingerprint density at radius 2 is 2.20 bits per heavy atom. The summed E-state index contributed by atoms with van der Waals surface area (Å²) in [6.07, 6.45) is 1.64. The summed E-state index contributed by atoms with van der Waals surface area (Å²) in [6, 6.07) is 7.10. The molecule has 0 amide bonds. The zero-order valence-electron chi connectivity index (χ0n) is 8.23. The average Bonchev–Trinajstić information content (AvgIpc) is 2.26. The van der Waals surface area contributed by atoms with Gasteiger partial charge in [0.15, 0.2) is 5.76 Å². The van der Waals surface area contributed by atoms with Gasteiger partial charge >= 0.3 is 5.63 Å². The van der Waals surface area contributed by atoms with Crippen molar-refractivity contribution in [3.63, 3.8) is 0 Å². The first kappa shape index (κ1) is 9.45. The topological polar surface area (TPSA) is 69.1 Å². The van der Waals surface area contributed by atoms with E-state index in [4.69, 9.17) is 10.2 Å². The van der Waals surface area contributed by atoms with Gasteiger partial charge in [-0.05, 0) is 30.7 Å². The van der Waals surface area contributed by atoms with Crippen LogP contribution in [0.3, 0.4) is 0 Å². The van der Waals surface area contributed by atoms with Crippen LogP contribution in [0.1, 0.15) is 5.56 Å². The quantitative estimate of drug-likeness (QED) is 0.762. The average molecular weight is 202 g/mol. The second kappa shape index (κ2) is 3.57. The van der Waals surface area contributed by atoms with Crippen molar-refractivity contribution < 1.29 is 4.42 Å². The Morgan fingerprint density at radius 1 is 1.40 bits per heavy atom. The SMILES string of the molecule is Cc1cc(-c2ccccn2)oc(=O)c1N. The number of nitrogen functional groups attached to an aromatic ring is 1. The first-order valence-electron chi connectivity index (χ1n) is 4.50. The van der Waals surface area contributed by atoms with Crippen LogP contribution >= 0.6 is 0 Å². The predicted octanol–water partition coefficient (Wildman–Crippen LogP) is 1.59. The molecule has 0 saturated heterocycles. The number of pyridine rings is 1. The lowest BCUT2D eigenvalue weighted by Crippen LogP contribution is -2.09. The van der Waals surface area contributed by atoms with E-state index in [1.807, 2.05) is 6.07 Å². The number of nitrogens with zero attached hydrogens (tertiary/aromatic N) is 1. The summed E-state index contributed by atoms with van der Waals surface area (Å²) in [5.74, 6) is 0.437. The van der Waals surface area contributed by atoms with Gasteiger partial charge in [0, 0.05) is 6.20 Å². The third kappa shape index (κ3) is 1.74. The third-order valence-electron chi connectivity index (χ3n) is 2.11. The summed E-state index contributed by atoms with van der Waals surface area (Å²) in [5.41, 5.74) is 6.46. The molecule has 15 heavy (non-hydrogen) atoms. The van der Waals surface area contributed by atoms with Crippen molar-refractivity contribution in [2.75, 3.05) is 5.73 Å². The summed E-state index contributed by atoms with van der Waals surface area (Å²) in [5, 5.41) is 0. The minimum Gasteiger partial charge on any atom is -0.420 e. The second-order valence-electron chi connectivity index (χ2n) is 3.21. The number of aromatic nitrogens is 1. The van der Waals surface area contributed by atoms with Gasteiger partial charge in [0.05, 0.1) is 0 Å². The number of rotatable bonds is 1. The Morgan fingerprint density at radius 3 is 2.80 bits per heavy atom. The molecule has 4 nitrogen and oxygen atoms in total. The van der Waals surface area contributed by atoms with E-state index in [2.05, 4.69) is 4.98 Å². The van der Waals surface area contributed by atoms with E-state index in [0.717, 1.165) is 0 Å². The molecule has 0 saturated carbocycles. The van der Waals surface area contributed by atoms with Crippen molar-refractivity contribution in [2.45, 2.75) is 6.92 Å². The van der Waals surface area contributed by atoms with E-state index in [9.17, 15) is 4.79 Å². The van der Waals surface area contributed by atoms with E-state index in [1.54, 1.807) is 31.3 Å². The fourth-order valence-corrected chi connectivity index (χ4v) is 1.25. The number of anilines is 1. The highest BCUT2D eigenvalue weighted by Crippen LogP contribution is 2.17. The molecular formula is C11H10N2O2. The smallest absolute Gasteiger partial charge is 0.359 e. The summed E-state index contributed by atoms with van der Waals surface area (Å²) >= 11 is 0. The maximum atomic E-state index is 11.3. The van der Waals surface area contributed by atoms with Crippen molar-refractivity contribution >= 4 is 5.69 Å². The molecule has 2 heterocycles. The Balaban J connectivity index is 2.61. The lowest BCUT2D eigenvalue weighted by atomic mass is 10.2. The molecule has 0 aliphatic heterocycles. The van der Waals surface area contributed by atoms with Gasteiger partial charge in [0.1, 0.15) is 11.4 Å². The van der Waals surface area contributed by atoms with Gasteiger partial charge in [0.2, 0.25) is 0 Å². The molecule has 2 aromatic heterocycles. The van der Waals surface area contributed by atoms with Crippen LogP contribution in [-0.4, -0.2) is 4.98 Å². The van der Waals surface area contributed by atoms with Crippen molar-refractivity contribution in [1.82, 2.24) is 4.98 Å². The van der Waals surface area contributed by atoms with Gasteiger partial charge in [-0.15, -0.1) is 0 Å². The van der Waals surface area contributed by atoms with Gasteiger partial charge in [-0.25, -0.2) is 4.79 Å². The van der Waals surface area contributed by atoms with Crippen LogP contribution in [0, 0.1) is 6.92 Å². The van der Waals surface area contributed by atoms with Gasteiger partial charge < -0.3 is 10.2 Å². The molecule has 0 bridgehead atoms. The van der Waals surface area contributed by atoms with E-state index in [-0.39, 0.29) is 5.69 Å². The summed E-state index contributed by atoms with van der Waals surface area (Å²) in [6.45, 7) is 1.76. The molecule has 2 aromatic rings. The van der Waals surface area contributed by atoms with Crippen LogP contribution in [0.15, 0.2) is 39.7 Å². The maximum Gasteiger partial charge on any atom is 0.359 e. The highest BCUT2D eigenvalue weighted by Gasteiger charge is 2.07. The van der Waals surface area contributed by atoms with Crippen LogP contribution in [0.5, 0.6) is 0 Å². The Bertz CT molecular complexity index is 532. The highest BCUT2D eigenvalue weighted by atomic mass is 16.4. The molecule has 0 aliphatic carbocycles. The van der Waals surface area contributed by atoms with Crippen LogP contribution < -0.4 is 11.4 Å². The fourth-order valence-electron chi connectivity index (χ4n) is 1.25. The molecular weight excluding hydrogens is 192 g/mol. The maximum absolute atomic E-state index is 11.3. The fraction of sp³-hybridized carbons (Fsp3) is 0.0909. The highest BCUT2D eigenvalue weighted by molar-refractivity contribution is 5.56. The minimum absolute atomic E-state index is 0.148. The van der Waals surface area contributed by atoms with Gasteiger partial charge in [-0.3, -0.25) is 4.98 Å². The number of hydrogen-bond acceptors (Lipinski definition) is 4. The van der Waals surface area contributed by atoms with Gasteiger partial charge in [-0.1, -0.05) is 6.07 Å². The summed E-state index contributed by atoms with van der Waals surface area (Å²) < 4.78 is 5.03. The van der Waals surface area contributed by atoms with Crippen LogP contribution in [0.2, 0.25) is 0 Å². The summed E-state index contributed by atoms with van der Waals surface area (Å²) in [7, 11) is 0. The Hall–Kier alpha value is -2.10. The number of hydrogen-bond donors (Lipinski definition) is 1. The lowest BCUT2D eigenvalue weighted by Gasteiger charge is -2.01. The molecule has 0 unspecified atom stereocenters. The Labute approximate surface area is 86.4 Å². The predicted molar refractivity (Wildman–Crippen MR) is 57.4 cm³/mol. The largest absolute Gasteiger partial charge is 0.420 e. The Kier molecular flexibility index (Phi) is 2.25. The first-order valence-corrected chi connectivity index (χ1v) is 4.50. The molecule has 4 heteroatoms. The zero-order chi connectivity index (χ0) is 10.8. The van der Waals surface area contributed by atoms with Crippen LogP contribution in [0.25, 0.3) is 11.5 Å². The van der Waals surface area contributed by atoms with Gasteiger partial charge in [-0.2, -0.15) is 0 Å². The number of nitrogens with two attached hydrogens (primary N) is 1. The molecule has 0 radical (unpaired) electrons. The van der Waals surface area contributed by atoms with E-state index < -0.39 is 5.63 Å². The van der Waals surface area contributed by atoms with Crippen molar-refractivity contribution in [3.05, 3.63) is 46.4 Å². The van der Waals surface area contributed by atoms with E-state index >= 15 is 0 Å². The molecule has 0 atom stereocenters. The molecule has 0 aromatic carbocycles. The van der Waals surface area contributed by atoms with E-state index in [1.165, 1.54) is 0 Å². The van der Waals surface area contributed by atoms with Crippen molar-refractivity contribution in [2.24, 2.45) is 0 Å². The second-order valence-corrected chi connectivity index (χ2v) is 3.21. The van der Waals surface area contributed by atoms with Crippen LogP contribution in [0.4, 0.5) is 5.69 Å². The van der Waals surface area contributed by atoms with Crippen molar-refractivity contribution in [3.8, 4) is 11.5 Å². The molecule has 0 fully saturated rings. The minimum atomic E-state index is -0.518. The standard InChI is InChI=1S/C11H10N2O2/c1-7-6-9(15-11(14)10(7)12)8-4-2-3-5-13-8/h2-6H,12H2,1H3. The monoisotopic (exact) mass is 202 g/mol. The molecule has 0 aliphatic rings. The number of aryl methyl sites for hydroxylation is 1. The summed E-state index contributed by atoms with van der Waals surface area (Å²) in [4.78, 5) is 15.4. The first-order chi connectivity index (χ1) is 7.18.